The van der Waals surface area contributed by atoms with Crippen LogP contribution in [0.2, 0.25) is 0 Å². The molecule has 1 atom stereocenters. The first kappa shape index (κ1) is 13.6. The lowest BCUT2D eigenvalue weighted by atomic mass is 10.2. The molecule has 0 amide bonds. The Hall–Kier alpha value is -1.36. The van der Waals surface area contributed by atoms with Crippen LogP contribution in [-0.4, -0.2) is 53.6 Å². The van der Waals surface area contributed by atoms with Crippen LogP contribution in [0.3, 0.4) is 0 Å². The van der Waals surface area contributed by atoms with E-state index in [1.165, 1.54) is 37.9 Å². The Bertz CT molecular complexity index is 456. The molecule has 0 radical (unpaired) electrons. The molecular formula is C15H25N5. The summed E-state index contributed by atoms with van der Waals surface area (Å²) in [6, 6.07) is 0.717. The third-order valence-electron chi connectivity index (χ3n) is 4.40. The van der Waals surface area contributed by atoms with Crippen LogP contribution in [0.15, 0.2) is 6.20 Å². The highest BCUT2D eigenvalue weighted by molar-refractivity contribution is 5.50. The van der Waals surface area contributed by atoms with Gasteiger partial charge in [0.25, 0.3) is 0 Å². The molecule has 2 aliphatic heterocycles. The van der Waals surface area contributed by atoms with Crippen molar-refractivity contribution in [2.75, 3.05) is 42.9 Å². The highest BCUT2D eigenvalue weighted by atomic mass is 15.3. The van der Waals surface area contributed by atoms with Gasteiger partial charge < -0.3 is 10.2 Å². The molecule has 0 aliphatic carbocycles. The molecule has 0 bridgehead atoms. The van der Waals surface area contributed by atoms with Crippen molar-refractivity contribution >= 4 is 11.8 Å². The van der Waals surface area contributed by atoms with Gasteiger partial charge in [0.15, 0.2) is 0 Å². The van der Waals surface area contributed by atoms with E-state index in [4.69, 9.17) is 4.98 Å². The van der Waals surface area contributed by atoms with E-state index in [1.54, 1.807) is 0 Å². The molecule has 1 aromatic heterocycles. The minimum absolute atomic E-state index is 0.717. The van der Waals surface area contributed by atoms with Crippen molar-refractivity contribution in [3.05, 3.63) is 11.8 Å². The van der Waals surface area contributed by atoms with Gasteiger partial charge in [-0.25, -0.2) is 4.98 Å². The Kier molecular flexibility index (Phi) is 4.05. The van der Waals surface area contributed by atoms with Crippen LogP contribution in [0, 0.1) is 6.92 Å². The fraction of sp³-hybridized carbons (Fsp3) is 0.733. The number of anilines is 2. The molecule has 20 heavy (non-hydrogen) atoms. The van der Waals surface area contributed by atoms with Crippen molar-refractivity contribution in [1.29, 1.82) is 0 Å². The summed E-state index contributed by atoms with van der Waals surface area (Å²) in [6.45, 7) is 9.83. The Morgan fingerprint density at radius 3 is 2.85 bits per heavy atom. The largest absolute Gasteiger partial charge is 0.355 e. The molecule has 2 aliphatic rings. The zero-order valence-electron chi connectivity index (χ0n) is 12.6. The van der Waals surface area contributed by atoms with Gasteiger partial charge >= 0.3 is 0 Å². The van der Waals surface area contributed by atoms with Crippen molar-refractivity contribution in [2.24, 2.45) is 0 Å². The quantitative estimate of drug-likeness (QED) is 0.909. The van der Waals surface area contributed by atoms with E-state index in [1.807, 2.05) is 6.20 Å². The van der Waals surface area contributed by atoms with Crippen molar-refractivity contribution in [3.63, 3.8) is 0 Å². The molecule has 2 saturated heterocycles. The lowest BCUT2D eigenvalue weighted by Crippen LogP contribution is -2.35. The molecule has 5 nitrogen and oxygen atoms in total. The van der Waals surface area contributed by atoms with E-state index in [-0.39, 0.29) is 0 Å². The first-order chi connectivity index (χ1) is 9.78. The van der Waals surface area contributed by atoms with Crippen LogP contribution < -0.4 is 10.2 Å². The lowest BCUT2D eigenvalue weighted by molar-refractivity contribution is 0.260. The Morgan fingerprint density at radius 2 is 2.10 bits per heavy atom. The van der Waals surface area contributed by atoms with Crippen LogP contribution in [0.5, 0.6) is 0 Å². The number of hydrogen-bond acceptors (Lipinski definition) is 5. The predicted octanol–water partition coefficient (Wildman–Crippen LogP) is 1.89. The van der Waals surface area contributed by atoms with Crippen LogP contribution in [-0.2, 0) is 0 Å². The van der Waals surface area contributed by atoms with E-state index < -0.39 is 0 Å². The topological polar surface area (TPSA) is 44.3 Å². The van der Waals surface area contributed by atoms with Gasteiger partial charge in [0, 0.05) is 37.4 Å². The molecule has 5 heteroatoms. The van der Waals surface area contributed by atoms with Gasteiger partial charge in [0.2, 0.25) is 5.95 Å². The molecule has 1 aromatic rings. The Morgan fingerprint density at radius 1 is 1.30 bits per heavy atom. The van der Waals surface area contributed by atoms with Gasteiger partial charge in [-0.2, -0.15) is 4.98 Å². The monoisotopic (exact) mass is 275 g/mol. The zero-order valence-corrected chi connectivity index (χ0v) is 12.6. The molecule has 3 rings (SSSR count). The van der Waals surface area contributed by atoms with E-state index in [0.717, 1.165) is 37.4 Å². The fourth-order valence-corrected chi connectivity index (χ4v) is 3.34. The first-order valence-electron chi connectivity index (χ1n) is 7.84. The minimum Gasteiger partial charge on any atom is -0.355 e. The predicted molar refractivity (Wildman–Crippen MR) is 82.4 cm³/mol. The maximum Gasteiger partial charge on any atom is 0.224 e. The summed E-state index contributed by atoms with van der Waals surface area (Å²) >= 11 is 0. The molecule has 3 heterocycles. The molecule has 2 fully saturated rings. The van der Waals surface area contributed by atoms with E-state index in [9.17, 15) is 0 Å². The summed E-state index contributed by atoms with van der Waals surface area (Å²) in [6.07, 6.45) is 5.94. The average molecular weight is 275 g/mol. The Labute approximate surface area is 121 Å². The lowest BCUT2D eigenvalue weighted by Gasteiger charge is -2.24. The van der Waals surface area contributed by atoms with Gasteiger partial charge in [0.05, 0.1) is 0 Å². The van der Waals surface area contributed by atoms with Crippen molar-refractivity contribution in [1.82, 2.24) is 14.9 Å². The fourth-order valence-electron chi connectivity index (χ4n) is 3.34. The SMILES string of the molecule is CCNc1ncc(C)c(N2CCC(N3CCCC3)C2)n1. The summed E-state index contributed by atoms with van der Waals surface area (Å²) in [4.78, 5) is 14.1. The molecule has 0 spiro atoms. The van der Waals surface area contributed by atoms with Crippen LogP contribution >= 0.6 is 0 Å². The number of hydrogen-bond donors (Lipinski definition) is 1. The Balaban J connectivity index is 1.71. The average Bonchev–Trinajstić information content (AvgIpc) is 3.11. The smallest absolute Gasteiger partial charge is 0.224 e. The van der Waals surface area contributed by atoms with Gasteiger partial charge in [-0.3, -0.25) is 4.90 Å². The second-order valence-corrected chi connectivity index (χ2v) is 5.86. The maximum absolute atomic E-state index is 4.69. The minimum atomic E-state index is 0.717. The van der Waals surface area contributed by atoms with E-state index in [0.29, 0.717) is 0 Å². The van der Waals surface area contributed by atoms with Crippen molar-refractivity contribution < 1.29 is 0 Å². The molecule has 1 unspecified atom stereocenters. The first-order valence-corrected chi connectivity index (χ1v) is 7.84. The van der Waals surface area contributed by atoms with Crippen LogP contribution in [0.4, 0.5) is 11.8 Å². The highest BCUT2D eigenvalue weighted by Crippen LogP contribution is 2.26. The van der Waals surface area contributed by atoms with Crippen LogP contribution in [0.1, 0.15) is 31.7 Å². The summed E-state index contributed by atoms with van der Waals surface area (Å²) in [5, 5.41) is 3.21. The van der Waals surface area contributed by atoms with Gasteiger partial charge in [-0.15, -0.1) is 0 Å². The summed E-state index contributed by atoms with van der Waals surface area (Å²) in [5.41, 5.74) is 1.17. The number of nitrogens with zero attached hydrogens (tertiary/aromatic N) is 4. The van der Waals surface area contributed by atoms with Gasteiger partial charge in [-0.05, 0) is 46.2 Å². The molecule has 0 aromatic carbocycles. The summed E-state index contributed by atoms with van der Waals surface area (Å²) in [5.74, 6) is 1.86. The van der Waals surface area contributed by atoms with Gasteiger partial charge in [-0.1, -0.05) is 0 Å². The number of aromatic nitrogens is 2. The zero-order chi connectivity index (χ0) is 13.9. The maximum atomic E-state index is 4.69. The number of aryl methyl sites for hydroxylation is 1. The molecule has 1 N–H and O–H groups in total. The van der Waals surface area contributed by atoms with Crippen molar-refractivity contribution in [2.45, 2.75) is 39.2 Å². The molecule has 110 valence electrons. The standard InChI is InChI=1S/C15H25N5/c1-3-16-15-17-10-12(2)14(18-15)20-9-6-13(11-20)19-7-4-5-8-19/h10,13H,3-9,11H2,1-2H3,(H,16,17,18). The number of nitrogens with one attached hydrogen (secondary N) is 1. The molecular weight excluding hydrogens is 250 g/mol. The van der Waals surface area contributed by atoms with Crippen LogP contribution in [0.25, 0.3) is 0 Å². The second kappa shape index (κ2) is 5.95. The number of likely N-dealkylation sites (tertiary alicyclic amines) is 1. The van der Waals surface area contributed by atoms with E-state index >= 15 is 0 Å². The van der Waals surface area contributed by atoms with Gasteiger partial charge in [0.1, 0.15) is 5.82 Å². The third kappa shape index (κ3) is 2.73. The summed E-state index contributed by atoms with van der Waals surface area (Å²) in [7, 11) is 0. The van der Waals surface area contributed by atoms with Crippen molar-refractivity contribution in [3.8, 4) is 0 Å². The molecule has 0 saturated carbocycles. The highest BCUT2D eigenvalue weighted by Gasteiger charge is 2.30. The van der Waals surface area contributed by atoms with E-state index in [2.05, 4.69) is 33.9 Å². The third-order valence-corrected chi connectivity index (χ3v) is 4.40. The number of rotatable bonds is 4. The summed E-state index contributed by atoms with van der Waals surface area (Å²) < 4.78 is 0. The normalized spacial score (nSPS) is 23.5. The second-order valence-electron chi connectivity index (χ2n) is 5.86.